The van der Waals surface area contributed by atoms with Crippen LogP contribution in [0.5, 0.6) is 0 Å². The van der Waals surface area contributed by atoms with Gasteiger partial charge in [-0.15, -0.1) is 0 Å². The fourth-order valence-corrected chi connectivity index (χ4v) is 1.52. The Bertz CT molecular complexity index is 368. The van der Waals surface area contributed by atoms with E-state index in [1.54, 1.807) is 7.05 Å². The number of rotatable bonds is 3. The minimum Gasteiger partial charge on any atom is -0.387 e. The molecule has 0 saturated heterocycles. The quantitative estimate of drug-likeness (QED) is 0.868. The zero-order chi connectivity index (χ0) is 12.3. The lowest BCUT2D eigenvalue weighted by Gasteiger charge is -2.14. The molecule has 0 aliphatic rings. The molecule has 0 bridgehead atoms. The van der Waals surface area contributed by atoms with Crippen LogP contribution in [-0.2, 0) is 6.18 Å². The Labute approximate surface area is 96.0 Å². The molecule has 0 saturated carbocycles. The first-order valence-corrected chi connectivity index (χ1v) is 4.92. The molecule has 0 heterocycles. The molecule has 6 heteroatoms. The highest BCUT2D eigenvalue weighted by Gasteiger charge is 2.31. The van der Waals surface area contributed by atoms with Crippen LogP contribution in [0.1, 0.15) is 17.2 Å². The van der Waals surface area contributed by atoms with Crippen LogP contribution in [0.4, 0.5) is 13.2 Å². The van der Waals surface area contributed by atoms with Crippen molar-refractivity contribution < 1.29 is 18.3 Å². The van der Waals surface area contributed by atoms with Crippen LogP contribution in [0.3, 0.4) is 0 Å². The maximum Gasteiger partial charge on any atom is 0.416 e. The molecule has 1 aromatic carbocycles. The van der Waals surface area contributed by atoms with Gasteiger partial charge in [0.05, 0.1) is 11.7 Å². The fraction of sp³-hybridized carbons (Fsp3) is 0.400. The Balaban J connectivity index is 3.08. The number of nitrogens with one attached hydrogen (secondary N) is 1. The summed E-state index contributed by atoms with van der Waals surface area (Å²) in [4.78, 5) is 0. The number of hydrogen-bond acceptors (Lipinski definition) is 2. The molecule has 16 heavy (non-hydrogen) atoms. The Morgan fingerprint density at radius 2 is 2.00 bits per heavy atom. The highest BCUT2D eigenvalue weighted by molar-refractivity contribution is 6.30. The van der Waals surface area contributed by atoms with Gasteiger partial charge in [0.25, 0.3) is 0 Å². The number of aliphatic hydroxyl groups excluding tert-OH is 1. The van der Waals surface area contributed by atoms with E-state index in [9.17, 15) is 18.3 Å². The van der Waals surface area contributed by atoms with Crippen molar-refractivity contribution in [2.45, 2.75) is 12.3 Å². The third kappa shape index (κ3) is 3.37. The number of likely N-dealkylation sites (N-methyl/N-ethyl adjacent to an activating group) is 1. The molecule has 0 radical (unpaired) electrons. The minimum atomic E-state index is -4.46. The van der Waals surface area contributed by atoms with E-state index in [2.05, 4.69) is 5.32 Å². The highest BCUT2D eigenvalue weighted by Crippen LogP contribution is 2.33. The summed E-state index contributed by atoms with van der Waals surface area (Å²) >= 11 is 5.57. The molecule has 0 aliphatic carbocycles. The summed E-state index contributed by atoms with van der Waals surface area (Å²) < 4.78 is 37.3. The molecule has 1 rings (SSSR count). The van der Waals surface area contributed by atoms with Crippen LogP contribution in [0, 0.1) is 0 Å². The topological polar surface area (TPSA) is 32.3 Å². The van der Waals surface area contributed by atoms with Gasteiger partial charge in [-0.1, -0.05) is 11.6 Å². The van der Waals surface area contributed by atoms with Crippen molar-refractivity contribution in [1.29, 1.82) is 0 Å². The molecule has 90 valence electrons. The van der Waals surface area contributed by atoms with E-state index in [0.29, 0.717) is 0 Å². The van der Waals surface area contributed by atoms with Crippen molar-refractivity contribution in [3.05, 3.63) is 34.3 Å². The van der Waals surface area contributed by atoms with Crippen molar-refractivity contribution in [1.82, 2.24) is 5.32 Å². The Morgan fingerprint density at radius 1 is 1.38 bits per heavy atom. The Kier molecular flexibility index (Phi) is 4.18. The molecule has 2 nitrogen and oxygen atoms in total. The second-order valence-corrected chi connectivity index (χ2v) is 3.78. The third-order valence-corrected chi connectivity index (χ3v) is 2.25. The summed E-state index contributed by atoms with van der Waals surface area (Å²) in [6.45, 7) is 0.164. The average Bonchev–Trinajstić information content (AvgIpc) is 2.16. The molecular formula is C10H11ClF3NO. The maximum absolute atomic E-state index is 12.4. The van der Waals surface area contributed by atoms with Crippen LogP contribution < -0.4 is 5.32 Å². The van der Waals surface area contributed by atoms with Crippen LogP contribution in [-0.4, -0.2) is 18.7 Å². The molecule has 0 spiro atoms. The van der Waals surface area contributed by atoms with Gasteiger partial charge in [0.15, 0.2) is 0 Å². The van der Waals surface area contributed by atoms with Gasteiger partial charge >= 0.3 is 6.18 Å². The van der Waals surface area contributed by atoms with Gasteiger partial charge in [-0.2, -0.15) is 13.2 Å². The molecule has 0 amide bonds. The van der Waals surface area contributed by atoms with Gasteiger partial charge in [-0.05, 0) is 30.8 Å². The fourth-order valence-electron chi connectivity index (χ4n) is 1.28. The summed E-state index contributed by atoms with van der Waals surface area (Å²) in [6, 6.07) is 3.05. The smallest absolute Gasteiger partial charge is 0.387 e. The van der Waals surface area contributed by atoms with E-state index in [1.165, 1.54) is 6.07 Å². The van der Waals surface area contributed by atoms with Crippen molar-refractivity contribution in [3.63, 3.8) is 0 Å². The number of halogens is 4. The lowest BCUT2D eigenvalue weighted by molar-refractivity contribution is -0.137. The van der Waals surface area contributed by atoms with E-state index in [4.69, 9.17) is 11.6 Å². The van der Waals surface area contributed by atoms with Crippen LogP contribution in [0.25, 0.3) is 0 Å². The zero-order valence-corrected chi connectivity index (χ0v) is 9.23. The van der Waals surface area contributed by atoms with E-state index in [0.717, 1.165) is 12.1 Å². The molecular weight excluding hydrogens is 243 g/mol. The van der Waals surface area contributed by atoms with E-state index in [1.807, 2.05) is 0 Å². The highest BCUT2D eigenvalue weighted by atomic mass is 35.5. The zero-order valence-electron chi connectivity index (χ0n) is 8.48. The predicted octanol–water partition coefficient (Wildman–Crippen LogP) is 2.61. The summed E-state index contributed by atoms with van der Waals surface area (Å²) in [5, 5.41) is 12.2. The van der Waals surface area contributed by atoms with Crippen LogP contribution in [0.15, 0.2) is 18.2 Å². The number of aliphatic hydroxyl groups is 1. The molecule has 1 aromatic rings. The van der Waals surface area contributed by atoms with Gasteiger partial charge in [-0.25, -0.2) is 0 Å². The van der Waals surface area contributed by atoms with Crippen molar-refractivity contribution in [3.8, 4) is 0 Å². The third-order valence-electron chi connectivity index (χ3n) is 2.03. The van der Waals surface area contributed by atoms with Crippen molar-refractivity contribution >= 4 is 11.6 Å². The SMILES string of the molecule is CNCC(O)c1cc(Cl)cc(C(F)(F)F)c1. The summed E-state index contributed by atoms with van der Waals surface area (Å²) in [7, 11) is 1.60. The number of alkyl halides is 3. The molecule has 0 aliphatic heterocycles. The monoisotopic (exact) mass is 253 g/mol. The summed E-state index contributed by atoms with van der Waals surface area (Å²) in [6.07, 6.45) is -5.47. The maximum atomic E-state index is 12.4. The second kappa shape index (κ2) is 5.03. The molecule has 0 fully saturated rings. The van der Waals surface area contributed by atoms with Gasteiger partial charge in [-0.3, -0.25) is 0 Å². The van der Waals surface area contributed by atoms with Gasteiger partial charge < -0.3 is 10.4 Å². The molecule has 1 atom stereocenters. The molecule has 2 N–H and O–H groups in total. The van der Waals surface area contributed by atoms with Crippen molar-refractivity contribution in [2.75, 3.05) is 13.6 Å². The Morgan fingerprint density at radius 3 is 2.50 bits per heavy atom. The standard InChI is InChI=1S/C10H11ClF3NO/c1-15-5-9(16)6-2-7(10(12,13)14)4-8(11)3-6/h2-4,9,15-16H,5H2,1H3. The predicted molar refractivity (Wildman–Crippen MR) is 55.3 cm³/mol. The van der Waals surface area contributed by atoms with Crippen LogP contribution in [0.2, 0.25) is 5.02 Å². The lowest BCUT2D eigenvalue weighted by Crippen LogP contribution is -2.17. The van der Waals surface area contributed by atoms with E-state index in [-0.39, 0.29) is 17.1 Å². The summed E-state index contributed by atoms with van der Waals surface area (Å²) in [5.74, 6) is 0. The first kappa shape index (κ1) is 13.3. The summed E-state index contributed by atoms with van der Waals surface area (Å²) in [5.41, 5.74) is -0.709. The normalized spacial score (nSPS) is 13.9. The van der Waals surface area contributed by atoms with Gasteiger partial charge in [0.1, 0.15) is 0 Å². The minimum absolute atomic E-state index is 0.0417. The average molecular weight is 254 g/mol. The van der Waals surface area contributed by atoms with Gasteiger partial charge in [0.2, 0.25) is 0 Å². The number of hydrogen-bond donors (Lipinski definition) is 2. The number of benzene rings is 1. The Hall–Kier alpha value is -0.780. The first-order chi connectivity index (χ1) is 7.34. The van der Waals surface area contributed by atoms with Crippen molar-refractivity contribution in [2.24, 2.45) is 0 Å². The largest absolute Gasteiger partial charge is 0.416 e. The molecule has 1 unspecified atom stereocenters. The lowest BCUT2D eigenvalue weighted by atomic mass is 10.1. The first-order valence-electron chi connectivity index (χ1n) is 4.55. The van der Waals surface area contributed by atoms with E-state index < -0.39 is 17.8 Å². The second-order valence-electron chi connectivity index (χ2n) is 3.34. The van der Waals surface area contributed by atoms with E-state index >= 15 is 0 Å². The van der Waals surface area contributed by atoms with Crippen LogP contribution >= 0.6 is 11.6 Å². The van der Waals surface area contributed by atoms with Gasteiger partial charge in [0, 0.05) is 11.6 Å². The molecule has 0 aromatic heterocycles.